The molecule has 2 aromatic rings. The Balaban J connectivity index is 1.48. The van der Waals surface area contributed by atoms with Crippen LogP contribution in [0.4, 0.5) is 0 Å². The lowest BCUT2D eigenvalue weighted by molar-refractivity contribution is -0.132. The van der Waals surface area contributed by atoms with Gasteiger partial charge in [-0.25, -0.2) is 0 Å². The number of carbonyl (C=O) groups is 1. The van der Waals surface area contributed by atoms with E-state index in [1.165, 1.54) is 0 Å². The van der Waals surface area contributed by atoms with Crippen LogP contribution < -0.4 is 0 Å². The normalized spacial score (nSPS) is 15.0. The van der Waals surface area contributed by atoms with Crippen LogP contribution in [0, 0.1) is 0 Å². The number of morpholine rings is 1. The second-order valence-corrected chi connectivity index (χ2v) is 6.02. The van der Waals surface area contributed by atoms with Gasteiger partial charge in [-0.1, -0.05) is 35.5 Å². The van der Waals surface area contributed by atoms with Gasteiger partial charge in [-0.15, -0.1) is 11.8 Å². The molecule has 0 radical (unpaired) electrons. The minimum absolute atomic E-state index is 0.167. The summed E-state index contributed by atoms with van der Waals surface area (Å²) in [7, 11) is 0. The number of nitrogens with zero attached hydrogens (tertiary/aromatic N) is 2. The van der Waals surface area contributed by atoms with E-state index in [-0.39, 0.29) is 5.91 Å². The van der Waals surface area contributed by atoms with E-state index in [1.807, 2.05) is 41.3 Å². The molecular formula is C16H18N2O3S. The summed E-state index contributed by atoms with van der Waals surface area (Å²) in [6.07, 6.45) is 0. The molecule has 1 aromatic heterocycles. The minimum atomic E-state index is 0.167. The molecule has 0 bridgehead atoms. The standard InChI is InChI=1S/C16H18N2O3S/c19-16(18-6-8-20-9-7-18)12-22-11-14-10-15(21-17-14)13-4-2-1-3-5-13/h1-5,10H,6-9,11-12H2. The maximum absolute atomic E-state index is 12.0. The Labute approximate surface area is 133 Å². The SMILES string of the molecule is O=C(CSCc1cc(-c2ccccc2)on1)N1CCOCC1. The predicted molar refractivity (Wildman–Crippen MR) is 85.5 cm³/mol. The third kappa shape index (κ3) is 3.90. The van der Waals surface area contributed by atoms with E-state index in [0.717, 1.165) is 17.0 Å². The molecule has 1 aromatic carbocycles. The molecule has 0 spiro atoms. The molecule has 0 N–H and O–H groups in total. The first-order valence-corrected chi connectivity index (χ1v) is 8.43. The molecule has 116 valence electrons. The summed E-state index contributed by atoms with van der Waals surface area (Å²) in [5.41, 5.74) is 1.87. The van der Waals surface area contributed by atoms with Crippen molar-refractivity contribution >= 4 is 17.7 Å². The third-order valence-electron chi connectivity index (χ3n) is 3.46. The Morgan fingerprint density at radius 1 is 1.23 bits per heavy atom. The number of ether oxygens (including phenoxy) is 1. The highest BCUT2D eigenvalue weighted by Crippen LogP contribution is 2.22. The molecule has 0 saturated carbocycles. The highest BCUT2D eigenvalue weighted by molar-refractivity contribution is 7.99. The van der Waals surface area contributed by atoms with Gasteiger partial charge in [0.2, 0.25) is 5.91 Å². The molecule has 1 aliphatic heterocycles. The molecule has 0 aliphatic carbocycles. The lowest BCUT2D eigenvalue weighted by Crippen LogP contribution is -2.41. The second kappa shape index (κ2) is 7.47. The summed E-state index contributed by atoms with van der Waals surface area (Å²) in [6, 6.07) is 11.8. The summed E-state index contributed by atoms with van der Waals surface area (Å²) >= 11 is 1.56. The lowest BCUT2D eigenvalue weighted by Gasteiger charge is -2.26. The van der Waals surface area contributed by atoms with E-state index < -0.39 is 0 Å². The largest absolute Gasteiger partial charge is 0.378 e. The number of aromatic nitrogens is 1. The summed E-state index contributed by atoms with van der Waals surface area (Å²) < 4.78 is 10.6. The van der Waals surface area contributed by atoms with E-state index in [2.05, 4.69) is 5.16 Å². The average Bonchev–Trinajstić information content (AvgIpc) is 3.05. The number of carbonyl (C=O) groups excluding carboxylic acids is 1. The molecule has 2 heterocycles. The first-order chi connectivity index (χ1) is 10.8. The highest BCUT2D eigenvalue weighted by Gasteiger charge is 2.16. The Bertz CT molecular complexity index is 609. The zero-order valence-electron chi connectivity index (χ0n) is 12.2. The van der Waals surface area contributed by atoms with Gasteiger partial charge in [0.15, 0.2) is 5.76 Å². The number of hydrogen-bond donors (Lipinski definition) is 0. The molecule has 0 unspecified atom stereocenters. The van der Waals surface area contributed by atoms with Gasteiger partial charge in [0, 0.05) is 30.5 Å². The van der Waals surface area contributed by atoms with E-state index in [0.29, 0.717) is 37.8 Å². The molecule has 1 amide bonds. The van der Waals surface area contributed by atoms with Crippen molar-refractivity contribution in [1.29, 1.82) is 0 Å². The molecule has 5 nitrogen and oxygen atoms in total. The maximum Gasteiger partial charge on any atom is 0.232 e. The quantitative estimate of drug-likeness (QED) is 0.847. The van der Waals surface area contributed by atoms with Crippen LogP contribution in [0.3, 0.4) is 0 Å². The smallest absolute Gasteiger partial charge is 0.232 e. The summed E-state index contributed by atoms with van der Waals surface area (Å²) in [4.78, 5) is 13.9. The number of benzene rings is 1. The Morgan fingerprint density at radius 2 is 2.00 bits per heavy atom. The zero-order valence-corrected chi connectivity index (χ0v) is 13.1. The van der Waals surface area contributed by atoms with Gasteiger partial charge in [-0.3, -0.25) is 4.79 Å². The number of thioether (sulfide) groups is 1. The molecule has 3 rings (SSSR count). The van der Waals surface area contributed by atoms with E-state index in [9.17, 15) is 4.79 Å². The van der Waals surface area contributed by atoms with E-state index >= 15 is 0 Å². The van der Waals surface area contributed by atoms with Crippen molar-refractivity contribution in [1.82, 2.24) is 10.1 Å². The minimum Gasteiger partial charge on any atom is -0.378 e. The number of rotatable bonds is 5. The summed E-state index contributed by atoms with van der Waals surface area (Å²) in [6.45, 7) is 2.67. The molecule has 22 heavy (non-hydrogen) atoms. The van der Waals surface area contributed by atoms with Crippen LogP contribution in [0.15, 0.2) is 40.9 Å². The van der Waals surface area contributed by atoms with Gasteiger partial charge < -0.3 is 14.2 Å². The van der Waals surface area contributed by atoms with Crippen LogP contribution in [0.2, 0.25) is 0 Å². The lowest BCUT2D eigenvalue weighted by atomic mass is 10.2. The van der Waals surface area contributed by atoms with Crippen molar-refractivity contribution in [2.45, 2.75) is 5.75 Å². The molecule has 1 saturated heterocycles. The number of amides is 1. The topological polar surface area (TPSA) is 55.6 Å². The predicted octanol–water partition coefficient (Wildman–Crippen LogP) is 2.43. The molecule has 6 heteroatoms. The van der Waals surface area contributed by atoms with Crippen molar-refractivity contribution in [2.75, 3.05) is 32.1 Å². The fraction of sp³-hybridized carbons (Fsp3) is 0.375. The Kier molecular flexibility index (Phi) is 5.13. The van der Waals surface area contributed by atoms with E-state index in [1.54, 1.807) is 11.8 Å². The monoisotopic (exact) mass is 318 g/mol. The zero-order chi connectivity index (χ0) is 15.2. The van der Waals surface area contributed by atoms with Crippen LogP contribution >= 0.6 is 11.8 Å². The van der Waals surface area contributed by atoms with Crippen LogP contribution in [0.25, 0.3) is 11.3 Å². The molecule has 0 atom stereocenters. The first kappa shape index (κ1) is 15.1. The van der Waals surface area contributed by atoms with Crippen molar-refractivity contribution in [2.24, 2.45) is 0 Å². The van der Waals surface area contributed by atoms with Crippen LogP contribution in [-0.2, 0) is 15.3 Å². The van der Waals surface area contributed by atoms with E-state index in [4.69, 9.17) is 9.26 Å². The summed E-state index contributed by atoms with van der Waals surface area (Å²) in [5.74, 6) is 2.07. The average molecular weight is 318 g/mol. The third-order valence-corrected chi connectivity index (χ3v) is 4.41. The van der Waals surface area contributed by atoms with Gasteiger partial charge in [0.05, 0.1) is 24.7 Å². The van der Waals surface area contributed by atoms with Gasteiger partial charge in [-0.2, -0.15) is 0 Å². The Morgan fingerprint density at radius 3 is 2.77 bits per heavy atom. The van der Waals surface area contributed by atoms with Crippen LogP contribution in [0.5, 0.6) is 0 Å². The van der Waals surface area contributed by atoms with Gasteiger partial charge in [0.1, 0.15) is 0 Å². The highest BCUT2D eigenvalue weighted by atomic mass is 32.2. The fourth-order valence-electron chi connectivity index (χ4n) is 2.27. The fourth-order valence-corrected chi connectivity index (χ4v) is 3.07. The van der Waals surface area contributed by atoms with Gasteiger partial charge >= 0.3 is 0 Å². The van der Waals surface area contributed by atoms with Gasteiger partial charge in [0.25, 0.3) is 0 Å². The first-order valence-electron chi connectivity index (χ1n) is 7.27. The van der Waals surface area contributed by atoms with Crippen LogP contribution in [-0.4, -0.2) is 48.0 Å². The Hall–Kier alpha value is -1.79. The summed E-state index contributed by atoms with van der Waals surface area (Å²) in [5, 5.41) is 4.06. The maximum atomic E-state index is 12.0. The van der Waals surface area contributed by atoms with Crippen molar-refractivity contribution in [3.8, 4) is 11.3 Å². The number of hydrogen-bond acceptors (Lipinski definition) is 5. The van der Waals surface area contributed by atoms with Crippen molar-refractivity contribution < 1.29 is 14.1 Å². The van der Waals surface area contributed by atoms with Crippen molar-refractivity contribution in [3.63, 3.8) is 0 Å². The van der Waals surface area contributed by atoms with Crippen molar-refractivity contribution in [3.05, 3.63) is 42.1 Å². The molecule has 1 aliphatic rings. The molecular weight excluding hydrogens is 300 g/mol. The van der Waals surface area contributed by atoms with Gasteiger partial charge in [-0.05, 0) is 0 Å². The van der Waals surface area contributed by atoms with Crippen LogP contribution in [0.1, 0.15) is 5.69 Å². The molecule has 1 fully saturated rings. The second-order valence-electron chi connectivity index (χ2n) is 5.03.